The van der Waals surface area contributed by atoms with Crippen molar-refractivity contribution in [1.82, 2.24) is 4.98 Å². The zero-order valence-corrected chi connectivity index (χ0v) is 9.86. The Morgan fingerprint density at radius 2 is 2.06 bits per heavy atom. The van der Waals surface area contributed by atoms with Gasteiger partial charge in [-0.25, -0.2) is 0 Å². The standard InChI is InChI=1S/C12H9ClN2O3/c13-9-2-1-8(6-10(9)16)15-12(18)7-3-4-14-11(17)5-7/h1-6,16H,(H,14,17)(H,15,18). The number of rotatable bonds is 2. The number of hydrogen-bond donors (Lipinski definition) is 3. The Hall–Kier alpha value is -2.27. The number of pyridine rings is 1. The highest BCUT2D eigenvalue weighted by Gasteiger charge is 2.07. The predicted molar refractivity (Wildman–Crippen MR) is 68.1 cm³/mol. The summed E-state index contributed by atoms with van der Waals surface area (Å²) in [4.78, 5) is 25.3. The minimum atomic E-state index is -0.442. The van der Waals surface area contributed by atoms with Crippen LogP contribution in [0.5, 0.6) is 5.75 Å². The Labute approximate surface area is 107 Å². The van der Waals surface area contributed by atoms with E-state index in [0.717, 1.165) is 0 Å². The molecule has 1 amide bonds. The molecular weight excluding hydrogens is 256 g/mol. The summed E-state index contributed by atoms with van der Waals surface area (Å²) >= 11 is 5.65. The third-order valence-electron chi connectivity index (χ3n) is 2.24. The molecular formula is C12H9ClN2O3. The average molecular weight is 265 g/mol. The Balaban J connectivity index is 2.21. The molecule has 3 N–H and O–H groups in total. The highest BCUT2D eigenvalue weighted by atomic mass is 35.5. The molecule has 0 atom stereocenters. The number of anilines is 1. The number of aromatic nitrogens is 1. The summed E-state index contributed by atoms with van der Waals surface area (Å²) in [5.41, 5.74) is 0.261. The first-order valence-electron chi connectivity index (χ1n) is 5.05. The van der Waals surface area contributed by atoms with Gasteiger partial charge in [-0.3, -0.25) is 9.59 Å². The second-order valence-corrected chi connectivity index (χ2v) is 3.97. The number of carbonyl (C=O) groups excluding carboxylic acids is 1. The third-order valence-corrected chi connectivity index (χ3v) is 2.56. The van der Waals surface area contributed by atoms with Gasteiger partial charge in [0.2, 0.25) is 5.56 Å². The lowest BCUT2D eigenvalue weighted by Crippen LogP contribution is -2.15. The van der Waals surface area contributed by atoms with E-state index in [2.05, 4.69) is 10.3 Å². The van der Waals surface area contributed by atoms with Gasteiger partial charge >= 0.3 is 0 Å². The van der Waals surface area contributed by atoms with Gasteiger partial charge in [0.1, 0.15) is 5.75 Å². The average Bonchev–Trinajstić information content (AvgIpc) is 2.34. The molecule has 2 aromatic rings. The lowest BCUT2D eigenvalue weighted by molar-refractivity contribution is 0.102. The van der Waals surface area contributed by atoms with E-state index >= 15 is 0 Å². The van der Waals surface area contributed by atoms with Crippen LogP contribution in [0, 0.1) is 0 Å². The van der Waals surface area contributed by atoms with Gasteiger partial charge in [0.05, 0.1) is 5.02 Å². The number of nitrogens with one attached hydrogen (secondary N) is 2. The van der Waals surface area contributed by atoms with Crippen molar-refractivity contribution in [3.63, 3.8) is 0 Å². The van der Waals surface area contributed by atoms with Crippen LogP contribution in [0.15, 0.2) is 41.3 Å². The minimum absolute atomic E-state index is 0.125. The molecule has 0 aliphatic carbocycles. The summed E-state index contributed by atoms with van der Waals surface area (Å²) in [6.07, 6.45) is 1.39. The van der Waals surface area contributed by atoms with E-state index < -0.39 is 5.91 Å². The highest BCUT2D eigenvalue weighted by Crippen LogP contribution is 2.26. The summed E-state index contributed by atoms with van der Waals surface area (Å²) in [5, 5.41) is 12.1. The number of amides is 1. The second kappa shape index (κ2) is 4.93. The summed E-state index contributed by atoms with van der Waals surface area (Å²) in [6, 6.07) is 7.00. The molecule has 0 radical (unpaired) electrons. The molecule has 0 saturated carbocycles. The van der Waals surface area contributed by atoms with Crippen LogP contribution in [0.2, 0.25) is 5.02 Å². The zero-order chi connectivity index (χ0) is 13.1. The van der Waals surface area contributed by atoms with Crippen molar-refractivity contribution in [2.75, 3.05) is 5.32 Å². The van der Waals surface area contributed by atoms with Crippen molar-refractivity contribution in [2.24, 2.45) is 0 Å². The van der Waals surface area contributed by atoms with Crippen LogP contribution in [-0.2, 0) is 0 Å². The summed E-state index contributed by atoms with van der Waals surface area (Å²) in [7, 11) is 0. The lowest BCUT2D eigenvalue weighted by atomic mass is 10.2. The summed E-state index contributed by atoms with van der Waals surface area (Å²) in [5.74, 6) is -0.566. The maximum atomic E-state index is 11.8. The van der Waals surface area contributed by atoms with Crippen molar-refractivity contribution in [2.45, 2.75) is 0 Å². The van der Waals surface area contributed by atoms with Crippen LogP contribution in [0.25, 0.3) is 0 Å². The Morgan fingerprint density at radius 3 is 2.72 bits per heavy atom. The quantitative estimate of drug-likeness (QED) is 0.776. The van der Waals surface area contributed by atoms with E-state index in [-0.39, 0.29) is 21.9 Å². The highest BCUT2D eigenvalue weighted by molar-refractivity contribution is 6.32. The number of aromatic hydroxyl groups is 1. The van der Waals surface area contributed by atoms with Gasteiger partial charge in [-0.1, -0.05) is 11.6 Å². The molecule has 6 heteroatoms. The van der Waals surface area contributed by atoms with Crippen molar-refractivity contribution in [1.29, 1.82) is 0 Å². The maximum absolute atomic E-state index is 11.8. The van der Waals surface area contributed by atoms with Crippen LogP contribution in [0.3, 0.4) is 0 Å². The predicted octanol–water partition coefficient (Wildman–Crippen LogP) is 1.99. The van der Waals surface area contributed by atoms with Crippen LogP contribution in [0.4, 0.5) is 5.69 Å². The molecule has 0 saturated heterocycles. The Kier molecular flexibility index (Phi) is 3.34. The maximum Gasteiger partial charge on any atom is 0.255 e. The smallest absolute Gasteiger partial charge is 0.255 e. The molecule has 1 aromatic heterocycles. The largest absolute Gasteiger partial charge is 0.506 e. The molecule has 1 heterocycles. The topological polar surface area (TPSA) is 82.2 Å². The molecule has 1 aromatic carbocycles. The van der Waals surface area contributed by atoms with E-state index in [1.54, 1.807) is 6.07 Å². The SMILES string of the molecule is O=C(Nc1ccc(Cl)c(O)c1)c1cc[nH]c(=O)c1. The first-order chi connectivity index (χ1) is 8.56. The number of hydrogen-bond acceptors (Lipinski definition) is 3. The first kappa shape index (κ1) is 12.2. The fraction of sp³-hybridized carbons (Fsp3) is 0. The van der Waals surface area contributed by atoms with Crippen LogP contribution >= 0.6 is 11.6 Å². The second-order valence-electron chi connectivity index (χ2n) is 3.56. The molecule has 0 spiro atoms. The van der Waals surface area contributed by atoms with Gasteiger partial charge < -0.3 is 15.4 Å². The molecule has 0 aliphatic heterocycles. The van der Waals surface area contributed by atoms with Crippen LogP contribution in [-0.4, -0.2) is 16.0 Å². The zero-order valence-electron chi connectivity index (χ0n) is 9.11. The van der Waals surface area contributed by atoms with E-state index in [0.29, 0.717) is 5.69 Å². The molecule has 18 heavy (non-hydrogen) atoms. The van der Waals surface area contributed by atoms with Gasteiger partial charge in [0.15, 0.2) is 0 Å². The van der Waals surface area contributed by atoms with Gasteiger partial charge in [-0.2, -0.15) is 0 Å². The van der Waals surface area contributed by atoms with E-state index in [1.807, 2.05) is 0 Å². The lowest BCUT2D eigenvalue weighted by Gasteiger charge is -2.06. The fourth-order valence-electron chi connectivity index (χ4n) is 1.38. The number of phenolic OH excluding ortho intramolecular Hbond substituents is 1. The molecule has 0 bridgehead atoms. The van der Waals surface area contributed by atoms with Crippen molar-refractivity contribution in [3.05, 3.63) is 57.5 Å². The molecule has 2 rings (SSSR count). The third kappa shape index (κ3) is 2.70. The van der Waals surface area contributed by atoms with E-state index in [4.69, 9.17) is 11.6 Å². The van der Waals surface area contributed by atoms with Crippen molar-refractivity contribution < 1.29 is 9.90 Å². The van der Waals surface area contributed by atoms with Crippen molar-refractivity contribution >= 4 is 23.2 Å². The monoisotopic (exact) mass is 264 g/mol. The van der Waals surface area contributed by atoms with Gasteiger partial charge in [-0.15, -0.1) is 0 Å². The summed E-state index contributed by atoms with van der Waals surface area (Å²) < 4.78 is 0. The van der Waals surface area contributed by atoms with Crippen LogP contribution < -0.4 is 10.9 Å². The van der Waals surface area contributed by atoms with Gasteiger partial charge in [-0.05, 0) is 18.2 Å². The van der Waals surface area contributed by atoms with E-state index in [1.165, 1.54) is 30.5 Å². The number of aromatic amines is 1. The fourth-order valence-corrected chi connectivity index (χ4v) is 1.50. The first-order valence-corrected chi connectivity index (χ1v) is 5.42. The number of halogens is 1. The van der Waals surface area contributed by atoms with Crippen molar-refractivity contribution in [3.8, 4) is 5.75 Å². The normalized spacial score (nSPS) is 10.1. The van der Waals surface area contributed by atoms with Gasteiger partial charge in [0, 0.05) is 29.6 Å². The molecule has 92 valence electrons. The van der Waals surface area contributed by atoms with Gasteiger partial charge in [0.25, 0.3) is 5.91 Å². The minimum Gasteiger partial charge on any atom is -0.506 e. The molecule has 0 unspecified atom stereocenters. The number of benzene rings is 1. The van der Waals surface area contributed by atoms with E-state index in [9.17, 15) is 14.7 Å². The Bertz CT molecular complexity index is 652. The molecule has 0 aliphatic rings. The number of carbonyl (C=O) groups is 1. The molecule has 5 nitrogen and oxygen atoms in total. The Morgan fingerprint density at radius 1 is 1.28 bits per heavy atom. The molecule has 0 fully saturated rings. The number of phenols is 1. The number of H-pyrrole nitrogens is 1. The summed E-state index contributed by atoms with van der Waals surface area (Å²) in [6.45, 7) is 0. The van der Waals surface area contributed by atoms with Crippen LogP contribution in [0.1, 0.15) is 10.4 Å².